The van der Waals surface area contributed by atoms with Gasteiger partial charge in [-0.15, -0.1) is 11.3 Å². The van der Waals surface area contributed by atoms with Gasteiger partial charge < -0.3 is 9.80 Å². The van der Waals surface area contributed by atoms with E-state index >= 15 is 0 Å². The van der Waals surface area contributed by atoms with Crippen LogP contribution in [0.25, 0.3) is 10.2 Å². The smallest absolute Gasteiger partial charge is 0.266 e. The minimum atomic E-state index is -0.0393. The molecule has 0 atom stereocenters. The molecule has 1 aliphatic rings. The molecule has 1 aliphatic heterocycles. The van der Waals surface area contributed by atoms with Gasteiger partial charge in [0.25, 0.3) is 5.56 Å². The van der Waals surface area contributed by atoms with E-state index in [9.17, 15) is 4.79 Å². The van der Waals surface area contributed by atoms with Gasteiger partial charge in [0, 0.05) is 38.8 Å². The predicted octanol–water partition coefficient (Wildman–Crippen LogP) is 2.54. The Labute approximate surface area is 162 Å². The quantitative estimate of drug-likeness (QED) is 0.689. The molecule has 4 heterocycles. The summed E-state index contributed by atoms with van der Waals surface area (Å²) in [6.45, 7) is 10.4. The molecule has 1 fully saturated rings. The maximum atomic E-state index is 12.0. The number of aryl methyl sites for hydroxylation is 1. The second-order valence-electron chi connectivity index (χ2n) is 7.37. The normalized spacial score (nSPS) is 15.1. The summed E-state index contributed by atoms with van der Waals surface area (Å²) in [6.07, 6.45) is 1.66. The second kappa shape index (κ2) is 7.26. The van der Waals surface area contributed by atoms with Crippen LogP contribution in [-0.2, 0) is 6.54 Å². The fourth-order valence-electron chi connectivity index (χ4n) is 3.41. The van der Waals surface area contributed by atoms with Gasteiger partial charge in [0.2, 0.25) is 0 Å². The maximum absolute atomic E-state index is 12.0. The molecule has 1 saturated heterocycles. The van der Waals surface area contributed by atoms with Crippen molar-refractivity contribution in [1.82, 2.24) is 19.7 Å². The lowest BCUT2D eigenvalue weighted by molar-refractivity contribution is 0.461. The number of rotatable bonds is 4. The van der Waals surface area contributed by atoms with Gasteiger partial charge in [-0.25, -0.2) is 14.6 Å². The molecular weight excluding hydrogens is 360 g/mol. The Morgan fingerprint density at radius 2 is 1.85 bits per heavy atom. The molecule has 0 spiro atoms. The van der Waals surface area contributed by atoms with Crippen LogP contribution in [0, 0.1) is 12.8 Å². The molecule has 0 unspecified atom stereocenters. The summed E-state index contributed by atoms with van der Waals surface area (Å²) in [6, 6.07) is 3.46. The number of piperazine rings is 1. The van der Waals surface area contributed by atoms with Crippen molar-refractivity contribution in [3.05, 3.63) is 39.8 Å². The van der Waals surface area contributed by atoms with E-state index in [0.29, 0.717) is 12.5 Å². The molecule has 0 aromatic carbocycles. The van der Waals surface area contributed by atoms with Gasteiger partial charge >= 0.3 is 0 Å². The molecule has 0 N–H and O–H groups in total. The molecule has 0 saturated carbocycles. The van der Waals surface area contributed by atoms with Crippen LogP contribution in [0.2, 0.25) is 0 Å². The van der Waals surface area contributed by atoms with Crippen LogP contribution in [0.3, 0.4) is 0 Å². The monoisotopic (exact) mass is 384 g/mol. The van der Waals surface area contributed by atoms with Gasteiger partial charge in [0.15, 0.2) is 0 Å². The van der Waals surface area contributed by atoms with Crippen molar-refractivity contribution in [2.75, 3.05) is 36.0 Å². The maximum Gasteiger partial charge on any atom is 0.266 e. The highest BCUT2D eigenvalue weighted by molar-refractivity contribution is 7.18. The molecule has 3 aromatic heterocycles. The number of hydrogen-bond donors (Lipinski definition) is 0. The number of anilines is 2. The Balaban J connectivity index is 1.51. The van der Waals surface area contributed by atoms with Crippen molar-refractivity contribution in [3.63, 3.8) is 0 Å². The van der Waals surface area contributed by atoms with E-state index < -0.39 is 0 Å². The van der Waals surface area contributed by atoms with Crippen LogP contribution in [0.4, 0.5) is 11.6 Å². The van der Waals surface area contributed by atoms with Crippen LogP contribution >= 0.6 is 11.3 Å². The molecule has 0 aliphatic carbocycles. The fraction of sp³-hybridized carbons (Fsp3) is 0.474. The molecular formula is C19H24N6OS. The largest absolute Gasteiger partial charge is 0.352 e. The zero-order valence-corrected chi connectivity index (χ0v) is 16.7. The average Bonchev–Trinajstić information content (AvgIpc) is 3.05. The van der Waals surface area contributed by atoms with E-state index in [4.69, 9.17) is 0 Å². The van der Waals surface area contributed by atoms with Crippen molar-refractivity contribution < 1.29 is 0 Å². The summed E-state index contributed by atoms with van der Waals surface area (Å²) >= 11 is 1.71. The van der Waals surface area contributed by atoms with Gasteiger partial charge in [-0.3, -0.25) is 4.79 Å². The first kappa shape index (κ1) is 17.9. The number of hydrogen-bond acceptors (Lipinski definition) is 7. The van der Waals surface area contributed by atoms with Crippen LogP contribution < -0.4 is 15.4 Å². The Morgan fingerprint density at radius 3 is 2.59 bits per heavy atom. The zero-order valence-electron chi connectivity index (χ0n) is 15.9. The molecule has 4 rings (SSSR count). The summed E-state index contributed by atoms with van der Waals surface area (Å²) in [5.41, 5.74) is 2.21. The lowest BCUT2D eigenvalue weighted by Crippen LogP contribution is -2.47. The molecule has 7 nitrogen and oxygen atoms in total. The van der Waals surface area contributed by atoms with Crippen LogP contribution in [0.15, 0.2) is 28.6 Å². The van der Waals surface area contributed by atoms with Crippen LogP contribution in [0.5, 0.6) is 0 Å². The number of nitrogens with zero attached hydrogens (tertiary/aromatic N) is 6. The topological polar surface area (TPSA) is 67.2 Å². The predicted molar refractivity (Wildman–Crippen MR) is 110 cm³/mol. The summed E-state index contributed by atoms with van der Waals surface area (Å²) in [5.74, 6) is 2.28. The Kier molecular flexibility index (Phi) is 4.82. The fourth-order valence-corrected chi connectivity index (χ4v) is 4.43. The van der Waals surface area contributed by atoms with Crippen LogP contribution in [-0.4, -0.2) is 45.9 Å². The summed E-state index contributed by atoms with van der Waals surface area (Å²) in [5, 5.41) is 6.72. The Morgan fingerprint density at radius 1 is 1.11 bits per heavy atom. The number of thiophene rings is 1. The molecule has 0 amide bonds. The first-order chi connectivity index (χ1) is 13.0. The van der Waals surface area contributed by atoms with Crippen molar-refractivity contribution in [2.45, 2.75) is 27.3 Å². The summed E-state index contributed by atoms with van der Waals surface area (Å²) in [7, 11) is 0. The first-order valence-corrected chi connectivity index (χ1v) is 10.2. The molecule has 3 aromatic rings. The number of aromatic nitrogens is 4. The summed E-state index contributed by atoms with van der Waals surface area (Å²) < 4.78 is 2.74. The third-order valence-electron chi connectivity index (χ3n) is 4.81. The van der Waals surface area contributed by atoms with E-state index in [2.05, 4.69) is 51.0 Å². The standard InChI is InChI=1S/C19H24N6OS/c1-13(2)10-25-16(26)5-4-15(22-25)23-6-8-24(9-7-23)19-18-17(20-12-21-19)14(3)11-27-18/h4-5,11-13H,6-10H2,1-3H3. The first-order valence-electron chi connectivity index (χ1n) is 9.30. The third-order valence-corrected chi connectivity index (χ3v) is 5.89. The number of fused-ring (bicyclic) bond motifs is 1. The minimum absolute atomic E-state index is 0.0393. The zero-order chi connectivity index (χ0) is 19.0. The van der Waals surface area contributed by atoms with Crippen molar-refractivity contribution in [1.29, 1.82) is 0 Å². The SMILES string of the molecule is Cc1csc2c(N3CCN(c4ccc(=O)n(CC(C)C)n4)CC3)ncnc12. The van der Waals surface area contributed by atoms with Crippen molar-refractivity contribution in [3.8, 4) is 0 Å². The Bertz CT molecular complexity index is 1000. The Hall–Kier alpha value is -2.48. The lowest BCUT2D eigenvalue weighted by atomic mass is 10.2. The van der Waals surface area contributed by atoms with Gasteiger partial charge in [0.1, 0.15) is 18.0 Å². The van der Waals surface area contributed by atoms with Gasteiger partial charge in [0.05, 0.1) is 10.2 Å². The van der Waals surface area contributed by atoms with E-state index in [-0.39, 0.29) is 5.56 Å². The van der Waals surface area contributed by atoms with E-state index in [0.717, 1.165) is 48.0 Å². The molecule has 27 heavy (non-hydrogen) atoms. The van der Waals surface area contributed by atoms with Crippen molar-refractivity contribution >= 4 is 33.2 Å². The van der Waals surface area contributed by atoms with E-state index in [1.165, 1.54) is 5.56 Å². The minimum Gasteiger partial charge on any atom is -0.352 e. The van der Waals surface area contributed by atoms with E-state index in [1.54, 1.807) is 28.4 Å². The summed E-state index contributed by atoms with van der Waals surface area (Å²) in [4.78, 5) is 25.5. The molecule has 0 bridgehead atoms. The lowest BCUT2D eigenvalue weighted by Gasteiger charge is -2.36. The highest BCUT2D eigenvalue weighted by Gasteiger charge is 2.22. The highest BCUT2D eigenvalue weighted by atomic mass is 32.1. The molecule has 8 heteroatoms. The molecule has 0 radical (unpaired) electrons. The second-order valence-corrected chi connectivity index (χ2v) is 8.25. The third kappa shape index (κ3) is 3.53. The van der Waals surface area contributed by atoms with E-state index in [1.807, 2.05) is 6.07 Å². The van der Waals surface area contributed by atoms with Gasteiger partial charge in [-0.05, 0) is 29.9 Å². The molecule has 142 valence electrons. The van der Waals surface area contributed by atoms with Crippen molar-refractivity contribution in [2.24, 2.45) is 5.92 Å². The van der Waals surface area contributed by atoms with Gasteiger partial charge in [-0.1, -0.05) is 13.8 Å². The van der Waals surface area contributed by atoms with Gasteiger partial charge in [-0.2, -0.15) is 5.10 Å². The van der Waals surface area contributed by atoms with Crippen LogP contribution in [0.1, 0.15) is 19.4 Å². The average molecular weight is 385 g/mol. The highest BCUT2D eigenvalue weighted by Crippen LogP contribution is 2.31.